The molecule has 0 saturated carbocycles. The fourth-order valence-electron chi connectivity index (χ4n) is 2.99. The number of aromatic nitrogens is 2. The van der Waals surface area contributed by atoms with Crippen molar-refractivity contribution in [2.75, 3.05) is 6.54 Å². The molecule has 1 unspecified atom stereocenters. The number of carbonyl (C=O) groups is 1. The van der Waals surface area contributed by atoms with Crippen molar-refractivity contribution in [1.82, 2.24) is 20.4 Å². The van der Waals surface area contributed by atoms with Crippen LogP contribution in [0.5, 0.6) is 0 Å². The van der Waals surface area contributed by atoms with Crippen LogP contribution in [0.4, 0.5) is 0 Å². The minimum atomic E-state index is -0.380. The van der Waals surface area contributed by atoms with Crippen molar-refractivity contribution in [2.24, 2.45) is 0 Å². The summed E-state index contributed by atoms with van der Waals surface area (Å²) in [6, 6.07) is 9.95. The predicted molar refractivity (Wildman–Crippen MR) is 92.9 cm³/mol. The minimum absolute atomic E-state index is 0. The summed E-state index contributed by atoms with van der Waals surface area (Å²) in [4.78, 5) is 12.4. The van der Waals surface area contributed by atoms with Crippen LogP contribution < -0.4 is 10.6 Å². The number of para-hydroxylation sites is 1. The highest BCUT2D eigenvalue weighted by Crippen LogP contribution is 2.23. The van der Waals surface area contributed by atoms with E-state index < -0.39 is 0 Å². The SMILES string of the molecule is CCC1(C(=O)NCc2cnn(-c3ccccc3)c2)CCCN1.Cl. The van der Waals surface area contributed by atoms with Crippen molar-refractivity contribution in [1.29, 1.82) is 0 Å². The van der Waals surface area contributed by atoms with Gasteiger partial charge in [0, 0.05) is 18.3 Å². The van der Waals surface area contributed by atoms with Crippen LogP contribution in [0.3, 0.4) is 0 Å². The molecule has 0 spiro atoms. The van der Waals surface area contributed by atoms with Crippen LogP contribution >= 0.6 is 12.4 Å². The molecule has 1 saturated heterocycles. The number of nitrogens with one attached hydrogen (secondary N) is 2. The van der Waals surface area contributed by atoms with Gasteiger partial charge in [0.1, 0.15) is 0 Å². The lowest BCUT2D eigenvalue weighted by Gasteiger charge is -2.26. The summed E-state index contributed by atoms with van der Waals surface area (Å²) in [6.07, 6.45) is 6.55. The van der Waals surface area contributed by atoms with E-state index in [4.69, 9.17) is 0 Å². The monoisotopic (exact) mass is 334 g/mol. The number of hydrogen-bond donors (Lipinski definition) is 2. The van der Waals surface area contributed by atoms with E-state index in [0.717, 1.165) is 37.1 Å². The summed E-state index contributed by atoms with van der Waals surface area (Å²) in [6.45, 7) is 3.49. The second-order valence-electron chi connectivity index (χ2n) is 5.78. The van der Waals surface area contributed by atoms with Gasteiger partial charge in [-0.3, -0.25) is 4.79 Å². The molecule has 1 fully saturated rings. The smallest absolute Gasteiger partial charge is 0.240 e. The van der Waals surface area contributed by atoms with E-state index in [-0.39, 0.29) is 23.9 Å². The van der Waals surface area contributed by atoms with Gasteiger partial charge in [0.15, 0.2) is 0 Å². The maximum absolute atomic E-state index is 12.4. The van der Waals surface area contributed by atoms with Gasteiger partial charge in [-0.05, 0) is 37.9 Å². The fraction of sp³-hybridized carbons (Fsp3) is 0.412. The molecule has 0 aliphatic carbocycles. The predicted octanol–water partition coefficient (Wildman–Crippen LogP) is 2.44. The first kappa shape index (κ1) is 17.5. The van der Waals surface area contributed by atoms with Gasteiger partial charge in [0.25, 0.3) is 0 Å². The van der Waals surface area contributed by atoms with Crippen molar-refractivity contribution in [3.63, 3.8) is 0 Å². The van der Waals surface area contributed by atoms with Crippen LogP contribution in [-0.4, -0.2) is 27.8 Å². The third-order valence-corrected chi connectivity index (χ3v) is 4.39. The van der Waals surface area contributed by atoms with Gasteiger partial charge in [-0.1, -0.05) is 25.1 Å². The number of halogens is 1. The zero-order chi connectivity index (χ0) is 15.4. The number of benzene rings is 1. The molecule has 1 aliphatic heterocycles. The van der Waals surface area contributed by atoms with E-state index in [0.29, 0.717) is 6.54 Å². The quantitative estimate of drug-likeness (QED) is 0.883. The maximum atomic E-state index is 12.4. The van der Waals surface area contributed by atoms with Crippen LogP contribution in [0, 0.1) is 0 Å². The molecule has 3 rings (SSSR count). The zero-order valence-corrected chi connectivity index (χ0v) is 14.1. The molecule has 2 aromatic rings. The third kappa shape index (κ3) is 3.74. The second-order valence-corrected chi connectivity index (χ2v) is 5.78. The molecular weight excluding hydrogens is 312 g/mol. The van der Waals surface area contributed by atoms with Crippen LogP contribution in [0.2, 0.25) is 0 Å². The molecular formula is C17H23ClN4O. The molecule has 1 aliphatic rings. The maximum Gasteiger partial charge on any atom is 0.240 e. The Morgan fingerprint density at radius 2 is 2.17 bits per heavy atom. The van der Waals surface area contributed by atoms with Crippen molar-refractivity contribution >= 4 is 18.3 Å². The molecule has 1 aromatic carbocycles. The molecule has 1 atom stereocenters. The van der Waals surface area contributed by atoms with E-state index in [1.807, 2.05) is 41.2 Å². The second kappa shape index (κ2) is 7.62. The lowest BCUT2D eigenvalue weighted by Crippen LogP contribution is -2.52. The van der Waals surface area contributed by atoms with Crippen molar-refractivity contribution in [2.45, 2.75) is 38.3 Å². The highest BCUT2D eigenvalue weighted by atomic mass is 35.5. The van der Waals surface area contributed by atoms with Crippen molar-refractivity contribution in [3.8, 4) is 5.69 Å². The highest BCUT2D eigenvalue weighted by Gasteiger charge is 2.38. The van der Waals surface area contributed by atoms with Crippen LogP contribution in [0.1, 0.15) is 31.7 Å². The lowest BCUT2D eigenvalue weighted by atomic mass is 9.93. The molecule has 23 heavy (non-hydrogen) atoms. The topological polar surface area (TPSA) is 59.0 Å². The molecule has 2 N–H and O–H groups in total. The first-order chi connectivity index (χ1) is 10.7. The van der Waals surface area contributed by atoms with E-state index in [1.54, 1.807) is 6.20 Å². The Balaban J connectivity index is 0.00000192. The van der Waals surface area contributed by atoms with Gasteiger partial charge in [-0.15, -0.1) is 12.4 Å². The number of rotatable bonds is 5. The van der Waals surface area contributed by atoms with Gasteiger partial charge in [-0.25, -0.2) is 4.68 Å². The Hall–Kier alpha value is -1.85. The zero-order valence-electron chi connectivity index (χ0n) is 13.3. The lowest BCUT2D eigenvalue weighted by molar-refractivity contribution is -0.127. The number of amides is 1. The third-order valence-electron chi connectivity index (χ3n) is 4.39. The van der Waals surface area contributed by atoms with Gasteiger partial charge < -0.3 is 10.6 Å². The number of nitrogens with zero attached hydrogens (tertiary/aromatic N) is 2. The first-order valence-electron chi connectivity index (χ1n) is 7.86. The van der Waals surface area contributed by atoms with Gasteiger partial charge in [0.2, 0.25) is 5.91 Å². The van der Waals surface area contributed by atoms with Crippen molar-refractivity contribution in [3.05, 3.63) is 48.3 Å². The normalized spacial score (nSPS) is 20.0. The summed E-state index contributed by atoms with van der Waals surface area (Å²) in [7, 11) is 0. The van der Waals surface area contributed by atoms with Gasteiger partial charge in [-0.2, -0.15) is 5.10 Å². The Kier molecular flexibility index (Phi) is 5.80. The van der Waals surface area contributed by atoms with Crippen LogP contribution in [-0.2, 0) is 11.3 Å². The van der Waals surface area contributed by atoms with Crippen LogP contribution in [0.15, 0.2) is 42.7 Å². The van der Waals surface area contributed by atoms with Gasteiger partial charge >= 0.3 is 0 Å². The summed E-state index contributed by atoms with van der Waals surface area (Å²) >= 11 is 0. The molecule has 124 valence electrons. The van der Waals surface area contributed by atoms with E-state index in [1.165, 1.54) is 0 Å². The summed E-state index contributed by atoms with van der Waals surface area (Å²) < 4.78 is 1.82. The minimum Gasteiger partial charge on any atom is -0.350 e. The standard InChI is InChI=1S/C17H22N4O.ClH/c1-2-17(9-6-10-19-17)16(22)18-11-14-12-20-21(13-14)15-7-4-3-5-8-15;/h3-5,7-8,12-13,19H,2,6,9-11H2,1H3,(H,18,22);1H. The molecule has 1 amide bonds. The average Bonchev–Trinajstić information content (AvgIpc) is 3.23. The van der Waals surface area contributed by atoms with E-state index >= 15 is 0 Å². The molecule has 0 radical (unpaired) electrons. The summed E-state index contributed by atoms with van der Waals surface area (Å²) in [5.74, 6) is 0.0972. The Morgan fingerprint density at radius 3 is 2.83 bits per heavy atom. The Bertz CT molecular complexity index is 635. The fourth-order valence-corrected chi connectivity index (χ4v) is 2.99. The average molecular weight is 335 g/mol. The highest BCUT2D eigenvalue weighted by molar-refractivity contribution is 5.86. The first-order valence-corrected chi connectivity index (χ1v) is 7.86. The summed E-state index contributed by atoms with van der Waals surface area (Å²) in [5.41, 5.74) is 1.64. The number of hydrogen-bond acceptors (Lipinski definition) is 3. The van der Waals surface area contributed by atoms with Gasteiger partial charge in [0.05, 0.1) is 17.4 Å². The summed E-state index contributed by atoms with van der Waals surface area (Å²) in [5, 5.41) is 10.7. The Labute approximate surface area is 142 Å². The largest absolute Gasteiger partial charge is 0.350 e. The molecule has 5 nitrogen and oxygen atoms in total. The van der Waals surface area contributed by atoms with E-state index in [2.05, 4.69) is 22.7 Å². The molecule has 1 aromatic heterocycles. The van der Waals surface area contributed by atoms with Crippen LogP contribution in [0.25, 0.3) is 5.69 Å². The molecule has 2 heterocycles. The molecule has 6 heteroatoms. The Morgan fingerprint density at radius 1 is 1.39 bits per heavy atom. The molecule has 0 bridgehead atoms. The number of carbonyl (C=O) groups excluding carboxylic acids is 1. The van der Waals surface area contributed by atoms with E-state index in [9.17, 15) is 4.79 Å². The van der Waals surface area contributed by atoms with Crippen molar-refractivity contribution < 1.29 is 4.79 Å².